The summed E-state index contributed by atoms with van der Waals surface area (Å²) in [5, 5.41) is 4.84. The highest BCUT2D eigenvalue weighted by atomic mass is 32.1. The number of nitrogens with zero attached hydrogens (tertiary/aromatic N) is 5. The number of aromatic nitrogens is 4. The van der Waals surface area contributed by atoms with Gasteiger partial charge in [-0.2, -0.15) is 0 Å². The molecule has 2 aliphatic heterocycles. The highest BCUT2D eigenvalue weighted by Gasteiger charge is 2.38. The molecular formula is C48H54N8O4S. The molecule has 0 saturated carbocycles. The van der Waals surface area contributed by atoms with E-state index in [2.05, 4.69) is 94.7 Å². The summed E-state index contributed by atoms with van der Waals surface area (Å²) in [7, 11) is 1.33. The Morgan fingerprint density at radius 2 is 1.33 bits per heavy atom. The van der Waals surface area contributed by atoms with Gasteiger partial charge in [-0.05, 0) is 78.0 Å². The summed E-state index contributed by atoms with van der Waals surface area (Å²) in [6, 6.07) is 30.0. The van der Waals surface area contributed by atoms with Gasteiger partial charge < -0.3 is 29.8 Å². The van der Waals surface area contributed by atoms with Gasteiger partial charge in [0, 0.05) is 36.9 Å². The Kier molecular flexibility index (Phi) is 13.1. The van der Waals surface area contributed by atoms with E-state index >= 15 is 0 Å². The van der Waals surface area contributed by atoms with Crippen molar-refractivity contribution in [3.8, 4) is 33.6 Å². The summed E-state index contributed by atoms with van der Waals surface area (Å²) >= 11 is 1.60. The molecule has 2 aliphatic rings. The zero-order valence-corrected chi connectivity index (χ0v) is 35.9. The van der Waals surface area contributed by atoms with E-state index in [9.17, 15) is 14.4 Å². The minimum Gasteiger partial charge on any atom is -0.453 e. The molecule has 4 atom stereocenters. The first-order chi connectivity index (χ1) is 29.8. The lowest BCUT2D eigenvalue weighted by atomic mass is 10.0. The van der Waals surface area contributed by atoms with Crippen LogP contribution in [0.25, 0.3) is 33.6 Å². The molecule has 0 spiro atoms. The van der Waals surface area contributed by atoms with E-state index in [0.717, 1.165) is 101 Å². The average molecular weight is 839 g/mol. The van der Waals surface area contributed by atoms with E-state index in [4.69, 9.17) is 14.7 Å². The summed E-state index contributed by atoms with van der Waals surface area (Å²) in [5.41, 5.74) is 7.06. The molecule has 3 N–H and O–H groups in total. The average Bonchev–Trinajstić information content (AvgIpc) is 4.16. The van der Waals surface area contributed by atoms with E-state index in [0.29, 0.717) is 13.0 Å². The lowest BCUT2D eigenvalue weighted by Gasteiger charge is -2.34. The zero-order chi connectivity index (χ0) is 42.3. The van der Waals surface area contributed by atoms with Crippen molar-refractivity contribution < 1.29 is 19.1 Å². The predicted molar refractivity (Wildman–Crippen MR) is 238 cm³/mol. The third-order valence-electron chi connectivity index (χ3n) is 12.1. The van der Waals surface area contributed by atoms with Gasteiger partial charge in [0.1, 0.15) is 17.7 Å². The van der Waals surface area contributed by atoms with Crippen molar-refractivity contribution in [2.45, 2.75) is 76.5 Å². The molecule has 5 heterocycles. The standard InChI is InChI=1S/C48H54N8O4S/c1-4-54(5-2)44(36-12-7-6-8-13-36)47(58)56-26-10-16-42(56)46-50-31-40(53-46)35-23-19-33(20-24-35)32-17-21-34(22-18-32)39-30-49-45(52-39)41-15-9-25-55(41)43(57)29-37(51-48(59)60-3)28-38-14-11-27-61-38/h6-8,11-14,17-24,27,30-31,37,41-42,44H,4-5,9-10,15-16,25-26,28-29H2,1-3H3,(H,49,52)(H,50,53)(H,51,59)/t37-,41-,42-,44+/m0/s1. The van der Waals surface area contributed by atoms with E-state index in [1.807, 2.05) is 57.9 Å². The van der Waals surface area contributed by atoms with Gasteiger partial charge in [-0.3, -0.25) is 14.5 Å². The number of likely N-dealkylation sites (tertiary alicyclic amines) is 2. The van der Waals surface area contributed by atoms with Crippen molar-refractivity contribution in [1.29, 1.82) is 0 Å². The number of methoxy groups -OCH3 is 1. The second-order valence-corrected chi connectivity index (χ2v) is 16.8. The molecule has 0 bridgehead atoms. The normalized spacial score (nSPS) is 17.4. The third kappa shape index (κ3) is 9.33. The smallest absolute Gasteiger partial charge is 0.407 e. The second-order valence-electron chi connectivity index (χ2n) is 15.8. The first kappa shape index (κ1) is 41.7. The molecule has 61 heavy (non-hydrogen) atoms. The number of hydrogen-bond acceptors (Lipinski definition) is 8. The fraction of sp³-hybridized carbons (Fsp3) is 0.354. The Labute approximate surface area is 361 Å². The Balaban J connectivity index is 0.907. The van der Waals surface area contributed by atoms with Gasteiger partial charge in [-0.25, -0.2) is 14.8 Å². The second kappa shape index (κ2) is 19.1. The number of carbonyl (C=O) groups excluding carboxylic acids is 3. The number of hydrogen-bond donors (Lipinski definition) is 3. The number of H-pyrrole nitrogens is 2. The number of thiophene rings is 1. The monoisotopic (exact) mass is 838 g/mol. The minimum absolute atomic E-state index is 0.0164. The SMILES string of the molecule is CCN(CC)[C@@H](C(=O)N1CCC[C@H]1c1ncc(-c2ccc(-c3ccc(-c4cnc([C@@H]5CCCN5C(=O)C[C@H](Cc5cccs5)NC(=O)OC)[nH]4)cc3)cc2)[nH]1)c1ccccc1. The van der Waals surface area contributed by atoms with Crippen LogP contribution in [0.2, 0.25) is 0 Å². The number of alkyl carbamates (subject to hydrolysis) is 1. The summed E-state index contributed by atoms with van der Waals surface area (Å²) in [5.74, 6) is 1.71. The molecule has 6 aromatic rings. The number of imidazole rings is 2. The van der Waals surface area contributed by atoms with Crippen LogP contribution in [0, 0.1) is 0 Å². The van der Waals surface area contributed by atoms with Gasteiger partial charge in [0.25, 0.3) is 0 Å². The van der Waals surface area contributed by atoms with Crippen LogP contribution in [0.4, 0.5) is 4.79 Å². The van der Waals surface area contributed by atoms with Crippen LogP contribution in [0.3, 0.4) is 0 Å². The maximum Gasteiger partial charge on any atom is 0.407 e. The van der Waals surface area contributed by atoms with Crippen molar-refractivity contribution in [3.63, 3.8) is 0 Å². The highest BCUT2D eigenvalue weighted by molar-refractivity contribution is 7.09. The van der Waals surface area contributed by atoms with Gasteiger partial charge in [-0.15, -0.1) is 11.3 Å². The van der Waals surface area contributed by atoms with E-state index < -0.39 is 6.09 Å². The summed E-state index contributed by atoms with van der Waals surface area (Å²) in [4.78, 5) is 63.8. The van der Waals surface area contributed by atoms with Crippen LogP contribution in [0.15, 0.2) is 109 Å². The van der Waals surface area contributed by atoms with Crippen LogP contribution in [-0.2, 0) is 20.7 Å². The fourth-order valence-electron chi connectivity index (χ4n) is 8.94. The number of likely N-dealkylation sites (N-methyl/N-ethyl adjacent to an activating group) is 1. The summed E-state index contributed by atoms with van der Waals surface area (Å²) in [6.45, 7) is 7.17. The third-order valence-corrected chi connectivity index (χ3v) is 13.0. The van der Waals surface area contributed by atoms with E-state index in [1.54, 1.807) is 11.3 Å². The molecule has 0 aliphatic carbocycles. The number of aromatic amines is 2. The lowest BCUT2D eigenvalue weighted by Crippen LogP contribution is -2.43. The van der Waals surface area contributed by atoms with Crippen molar-refractivity contribution in [3.05, 3.63) is 131 Å². The number of carbonyl (C=O) groups is 3. The number of rotatable bonds is 15. The lowest BCUT2D eigenvalue weighted by molar-refractivity contribution is -0.138. The Hall–Kier alpha value is -6.05. The van der Waals surface area contributed by atoms with Crippen molar-refractivity contribution in [1.82, 2.24) is 40.0 Å². The number of benzene rings is 3. The quantitative estimate of drug-likeness (QED) is 0.0939. The topological polar surface area (TPSA) is 140 Å². The summed E-state index contributed by atoms with van der Waals surface area (Å²) in [6.07, 6.45) is 7.43. The van der Waals surface area contributed by atoms with Crippen LogP contribution >= 0.6 is 11.3 Å². The summed E-state index contributed by atoms with van der Waals surface area (Å²) < 4.78 is 4.84. The maximum atomic E-state index is 14.2. The van der Waals surface area contributed by atoms with Crippen molar-refractivity contribution in [2.24, 2.45) is 0 Å². The molecule has 3 aromatic carbocycles. The van der Waals surface area contributed by atoms with Crippen LogP contribution in [0.1, 0.15) is 86.2 Å². The highest BCUT2D eigenvalue weighted by Crippen LogP contribution is 2.37. The van der Waals surface area contributed by atoms with Gasteiger partial charge in [0.2, 0.25) is 11.8 Å². The predicted octanol–water partition coefficient (Wildman–Crippen LogP) is 8.96. The molecule has 0 radical (unpaired) electrons. The Morgan fingerprint density at radius 3 is 1.87 bits per heavy atom. The van der Waals surface area contributed by atoms with E-state index in [1.165, 1.54) is 7.11 Å². The van der Waals surface area contributed by atoms with Crippen LogP contribution < -0.4 is 5.32 Å². The Bertz CT molecular complexity index is 2370. The molecule has 316 valence electrons. The molecule has 0 unspecified atom stereocenters. The Morgan fingerprint density at radius 1 is 0.770 bits per heavy atom. The van der Waals surface area contributed by atoms with Crippen LogP contribution in [0.5, 0.6) is 0 Å². The largest absolute Gasteiger partial charge is 0.453 e. The molecule has 3 amide bonds. The molecule has 2 saturated heterocycles. The van der Waals surface area contributed by atoms with Crippen LogP contribution in [-0.4, -0.2) is 91.9 Å². The minimum atomic E-state index is -0.542. The van der Waals surface area contributed by atoms with Gasteiger partial charge in [0.05, 0.1) is 43.0 Å². The molecule has 13 heteroatoms. The van der Waals surface area contributed by atoms with E-state index in [-0.39, 0.29) is 42.4 Å². The van der Waals surface area contributed by atoms with Crippen molar-refractivity contribution in [2.75, 3.05) is 33.3 Å². The molecule has 3 aromatic heterocycles. The number of ether oxygens (including phenoxy) is 1. The van der Waals surface area contributed by atoms with Gasteiger partial charge >= 0.3 is 6.09 Å². The molecular weight excluding hydrogens is 785 g/mol. The zero-order valence-electron chi connectivity index (χ0n) is 35.1. The number of nitrogens with one attached hydrogen (secondary N) is 3. The molecule has 2 fully saturated rings. The van der Waals surface area contributed by atoms with Gasteiger partial charge in [0.15, 0.2) is 0 Å². The molecule has 12 nitrogen and oxygen atoms in total. The first-order valence-electron chi connectivity index (χ1n) is 21.4. The number of amides is 3. The fourth-order valence-corrected chi connectivity index (χ4v) is 9.73. The molecule has 8 rings (SSSR count). The maximum absolute atomic E-state index is 14.2. The van der Waals surface area contributed by atoms with Crippen molar-refractivity contribution >= 4 is 29.2 Å². The van der Waals surface area contributed by atoms with Gasteiger partial charge in [-0.1, -0.05) is 98.8 Å². The first-order valence-corrected chi connectivity index (χ1v) is 22.3.